The molecule has 1 aromatic rings. The molecule has 0 unspecified atom stereocenters. The summed E-state index contributed by atoms with van der Waals surface area (Å²) < 4.78 is 5.99. The van der Waals surface area contributed by atoms with E-state index in [-0.39, 0.29) is 0 Å². The van der Waals surface area contributed by atoms with Gasteiger partial charge in [0, 0.05) is 6.54 Å². The molecule has 21 heavy (non-hydrogen) atoms. The molecule has 0 spiro atoms. The van der Waals surface area contributed by atoms with Gasteiger partial charge >= 0.3 is 0 Å². The summed E-state index contributed by atoms with van der Waals surface area (Å²) in [4.78, 5) is 2.56. The van der Waals surface area contributed by atoms with Gasteiger partial charge in [-0.3, -0.25) is 0 Å². The van der Waals surface area contributed by atoms with Crippen molar-refractivity contribution in [1.82, 2.24) is 5.32 Å². The fraction of sp³-hybridized carbons (Fsp3) is 0.667. The Labute approximate surface area is 128 Å². The molecule has 0 aromatic heterocycles. The second kappa shape index (κ2) is 6.27. The van der Waals surface area contributed by atoms with E-state index in [9.17, 15) is 0 Å². The predicted octanol–water partition coefficient (Wildman–Crippen LogP) is 2.93. The summed E-state index contributed by atoms with van der Waals surface area (Å²) in [6.07, 6.45) is 3.50. The molecular formula is C18H28N2O. The first-order chi connectivity index (χ1) is 10.2. The molecule has 3 rings (SSSR count). The molecule has 2 aliphatic heterocycles. The van der Waals surface area contributed by atoms with Crippen molar-refractivity contribution < 1.29 is 4.74 Å². The van der Waals surface area contributed by atoms with E-state index in [0.717, 1.165) is 57.3 Å². The topological polar surface area (TPSA) is 24.5 Å². The molecule has 0 fully saturated rings. The van der Waals surface area contributed by atoms with Crippen LogP contribution in [0.4, 0.5) is 5.69 Å². The molecule has 2 aliphatic rings. The minimum absolute atomic E-state index is 0.732. The van der Waals surface area contributed by atoms with Crippen LogP contribution in [-0.2, 0) is 12.8 Å². The number of nitrogens with zero attached hydrogens (tertiary/aromatic N) is 1. The molecule has 0 saturated carbocycles. The molecule has 0 saturated heterocycles. The molecule has 3 nitrogen and oxygen atoms in total. The van der Waals surface area contributed by atoms with Crippen LogP contribution < -0.4 is 15.0 Å². The van der Waals surface area contributed by atoms with Gasteiger partial charge in [0.15, 0.2) is 0 Å². The molecule has 3 heteroatoms. The number of nitrogens with one attached hydrogen (secondary N) is 1. The number of fused-ring (bicyclic) bond motifs is 2. The maximum Gasteiger partial charge on any atom is 0.143 e. The molecule has 0 radical (unpaired) electrons. The minimum atomic E-state index is 0.732. The van der Waals surface area contributed by atoms with Crippen molar-refractivity contribution in [2.24, 2.45) is 5.92 Å². The zero-order valence-corrected chi connectivity index (χ0v) is 13.7. The van der Waals surface area contributed by atoms with Crippen LogP contribution in [0.15, 0.2) is 6.07 Å². The Kier molecular flexibility index (Phi) is 4.39. The lowest BCUT2D eigenvalue weighted by atomic mass is 9.94. The number of ether oxygens (including phenoxy) is 1. The van der Waals surface area contributed by atoms with Gasteiger partial charge in [-0.1, -0.05) is 20.3 Å². The third-order valence-electron chi connectivity index (χ3n) is 5.02. The molecule has 116 valence electrons. The van der Waals surface area contributed by atoms with Crippen molar-refractivity contribution in [3.8, 4) is 5.75 Å². The highest BCUT2D eigenvalue weighted by molar-refractivity contribution is 5.69. The van der Waals surface area contributed by atoms with E-state index < -0.39 is 0 Å². The normalized spacial score (nSPS) is 19.3. The van der Waals surface area contributed by atoms with Crippen LogP contribution in [0.1, 0.15) is 37.0 Å². The highest BCUT2D eigenvalue weighted by Crippen LogP contribution is 2.39. The highest BCUT2D eigenvalue weighted by atomic mass is 16.5. The average molecular weight is 288 g/mol. The molecule has 1 aromatic carbocycles. The van der Waals surface area contributed by atoms with Crippen molar-refractivity contribution in [1.29, 1.82) is 0 Å². The van der Waals surface area contributed by atoms with Crippen molar-refractivity contribution >= 4 is 5.69 Å². The fourth-order valence-corrected chi connectivity index (χ4v) is 3.58. The van der Waals surface area contributed by atoms with Gasteiger partial charge in [0.05, 0.1) is 12.2 Å². The summed E-state index contributed by atoms with van der Waals surface area (Å²) in [5.41, 5.74) is 5.86. The maximum atomic E-state index is 5.99. The van der Waals surface area contributed by atoms with Gasteiger partial charge < -0.3 is 15.0 Å². The van der Waals surface area contributed by atoms with Crippen molar-refractivity contribution in [2.75, 3.05) is 37.7 Å². The molecule has 1 atom stereocenters. The smallest absolute Gasteiger partial charge is 0.143 e. The zero-order valence-electron chi connectivity index (χ0n) is 13.7. The number of hydrogen-bond donors (Lipinski definition) is 1. The molecule has 1 N–H and O–H groups in total. The van der Waals surface area contributed by atoms with Gasteiger partial charge in [0.25, 0.3) is 0 Å². The molecular weight excluding hydrogens is 260 g/mol. The van der Waals surface area contributed by atoms with E-state index in [2.05, 4.69) is 37.1 Å². The quantitative estimate of drug-likeness (QED) is 0.925. The summed E-state index contributed by atoms with van der Waals surface area (Å²) in [5.74, 6) is 1.85. The standard InChI is InChI=1S/C18H28N2O/c1-4-13(2)12-20-9-10-21-17-11-15-5-7-19-8-6-16(15)14(3)18(17)20/h11,13,19H,4-10,12H2,1-3H3/t13-/m0/s1. The first-order valence-electron chi connectivity index (χ1n) is 8.44. The summed E-state index contributed by atoms with van der Waals surface area (Å²) in [6, 6.07) is 2.31. The Hall–Kier alpha value is -1.22. The predicted molar refractivity (Wildman–Crippen MR) is 88.6 cm³/mol. The van der Waals surface area contributed by atoms with E-state index in [1.165, 1.54) is 23.2 Å². The lowest BCUT2D eigenvalue weighted by Gasteiger charge is -2.35. The van der Waals surface area contributed by atoms with Crippen molar-refractivity contribution in [2.45, 2.75) is 40.0 Å². The molecule has 0 amide bonds. The Morgan fingerprint density at radius 2 is 2.14 bits per heavy atom. The van der Waals surface area contributed by atoms with Crippen LogP contribution >= 0.6 is 0 Å². The van der Waals surface area contributed by atoms with Crippen LogP contribution in [-0.4, -0.2) is 32.8 Å². The van der Waals surface area contributed by atoms with Crippen LogP contribution in [0.2, 0.25) is 0 Å². The zero-order chi connectivity index (χ0) is 14.8. The third-order valence-corrected chi connectivity index (χ3v) is 5.02. The largest absolute Gasteiger partial charge is 0.490 e. The second-order valence-corrected chi connectivity index (χ2v) is 6.54. The highest BCUT2D eigenvalue weighted by Gasteiger charge is 2.25. The second-order valence-electron chi connectivity index (χ2n) is 6.54. The van der Waals surface area contributed by atoms with Crippen LogP contribution in [0.5, 0.6) is 5.75 Å². The van der Waals surface area contributed by atoms with Crippen molar-refractivity contribution in [3.05, 3.63) is 22.8 Å². The summed E-state index contributed by atoms with van der Waals surface area (Å²) >= 11 is 0. The number of rotatable bonds is 3. The van der Waals surface area contributed by atoms with Crippen LogP contribution in [0, 0.1) is 12.8 Å². The van der Waals surface area contributed by atoms with E-state index in [4.69, 9.17) is 4.74 Å². The van der Waals surface area contributed by atoms with Gasteiger partial charge in [-0.25, -0.2) is 0 Å². The lowest BCUT2D eigenvalue weighted by Crippen LogP contribution is -2.36. The first-order valence-corrected chi connectivity index (χ1v) is 8.44. The number of anilines is 1. The minimum Gasteiger partial charge on any atom is -0.490 e. The Bertz CT molecular complexity index is 512. The Morgan fingerprint density at radius 3 is 2.95 bits per heavy atom. The van der Waals surface area contributed by atoms with E-state index in [1.54, 1.807) is 5.56 Å². The van der Waals surface area contributed by atoms with Crippen LogP contribution in [0.3, 0.4) is 0 Å². The average Bonchev–Trinajstić information content (AvgIpc) is 2.73. The van der Waals surface area contributed by atoms with Gasteiger partial charge in [-0.2, -0.15) is 0 Å². The Morgan fingerprint density at radius 1 is 1.33 bits per heavy atom. The van der Waals surface area contributed by atoms with E-state index in [0.29, 0.717) is 0 Å². The summed E-state index contributed by atoms with van der Waals surface area (Å²) in [7, 11) is 0. The molecule has 0 bridgehead atoms. The molecule has 2 heterocycles. The maximum absolute atomic E-state index is 5.99. The lowest BCUT2D eigenvalue weighted by molar-refractivity contribution is 0.302. The fourth-order valence-electron chi connectivity index (χ4n) is 3.58. The first kappa shape index (κ1) is 14.7. The van der Waals surface area contributed by atoms with Gasteiger partial charge in [0.1, 0.15) is 12.4 Å². The SMILES string of the molecule is CC[C@H](C)CN1CCOc2cc3c(c(C)c21)CCNCC3. The summed E-state index contributed by atoms with van der Waals surface area (Å²) in [5, 5.41) is 3.51. The van der Waals surface area contributed by atoms with Crippen LogP contribution in [0.25, 0.3) is 0 Å². The number of hydrogen-bond acceptors (Lipinski definition) is 3. The van der Waals surface area contributed by atoms with E-state index >= 15 is 0 Å². The van der Waals surface area contributed by atoms with Gasteiger partial charge in [-0.15, -0.1) is 0 Å². The molecule has 0 aliphatic carbocycles. The summed E-state index contributed by atoms with van der Waals surface area (Å²) in [6.45, 7) is 12.1. The van der Waals surface area contributed by atoms with Gasteiger partial charge in [-0.05, 0) is 61.5 Å². The Balaban J connectivity index is 1.99. The number of benzene rings is 1. The van der Waals surface area contributed by atoms with Crippen molar-refractivity contribution in [3.63, 3.8) is 0 Å². The third kappa shape index (κ3) is 2.89. The monoisotopic (exact) mass is 288 g/mol. The van der Waals surface area contributed by atoms with Gasteiger partial charge in [0.2, 0.25) is 0 Å². The van der Waals surface area contributed by atoms with E-state index in [1.807, 2.05) is 0 Å².